The minimum absolute atomic E-state index is 0.164. The first-order valence-electron chi connectivity index (χ1n) is 7.10. The smallest absolute Gasteiger partial charge is 0.188 e. The van der Waals surface area contributed by atoms with Gasteiger partial charge < -0.3 is 10.1 Å². The van der Waals surface area contributed by atoms with Crippen LogP contribution in [0.2, 0.25) is 28.2 Å². The van der Waals surface area contributed by atoms with Crippen LogP contribution in [0.15, 0.2) is 24.8 Å². The third kappa shape index (κ3) is 4.83. The summed E-state index contributed by atoms with van der Waals surface area (Å²) in [6, 6.07) is 4.02. The van der Waals surface area contributed by atoms with Gasteiger partial charge in [0.25, 0.3) is 0 Å². The van der Waals surface area contributed by atoms with E-state index in [0.717, 1.165) is 24.1 Å². The average molecular weight is 346 g/mol. The van der Waals surface area contributed by atoms with Gasteiger partial charge in [-0.25, -0.2) is 0 Å². The lowest BCUT2D eigenvalue weighted by Crippen LogP contribution is -2.40. The Labute approximate surface area is 139 Å². The zero-order chi connectivity index (χ0) is 16.3. The molecule has 0 aliphatic rings. The fourth-order valence-electron chi connectivity index (χ4n) is 1.90. The van der Waals surface area contributed by atoms with E-state index in [1.807, 2.05) is 25.2 Å². The molecule has 0 saturated carbocycles. The van der Waals surface area contributed by atoms with Crippen LogP contribution in [0.4, 0.5) is 0 Å². The van der Waals surface area contributed by atoms with Gasteiger partial charge in [-0.3, -0.25) is 0 Å². The van der Waals surface area contributed by atoms with Crippen LogP contribution in [-0.4, -0.2) is 19.7 Å². The topological polar surface area (TPSA) is 32.3 Å². The Bertz CT molecular complexity index is 510. The van der Waals surface area contributed by atoms with Gasteiger partial charge in [0.1, 0.15) is 0 Å². The van der Waals surface area contributed by atoms with Crippen molar-refractivity contribution in [3.8, 4) is 0 Å². The molecular formula is C16H25Cl2NOSi. The quantitative estimate of drug-likeness (QED) is 0.423. The van der Waals surface area contributed by atoms with E-state index in [4.69, 9.17) is 23.2 Å². The van der Waals surface area contributed by atoms with Crippen LogP contribution >= 0.6 is 23.2 Å². The fraction of sp³-hybridized carbons (Fsp3) is 0.500. The highest BCUT2D eigenvalue weighted by Gasteiger charge is 2.38. The molecule has 2 nitrogen and oxygen atoms in total. The van der Waals surface area contributed by atoms with E-state index in [9.17, 15) is 4.80 Å². The van der Waals surface area contributed by atoms with Crippen LogP contribution in [0, 0.1) is 0 Å². The van der Waals surface area contributed by atoms with E-state index in [0.29, 0.717) is 16.6 Å². The second-order valence-electron chi connectivity index (χ2n) is 6.55. The molecule has 1 rings (SSSR count). The van der Waals surface area contributed by atoms with Crippen LogP contribution in [-0.2, 0) is 13.0 Å². The lowest BCUT2D eigenvalue weighted by molar-refractivity contribution is 0.467. The number of hydrogen-bond donors (Lipinski definition) is 2. The minimum Gasteiger partial charge on any atom is -0.432 e. The van der Waals surface area contributed by atoms with Crippen molar-refractivity contribution in [2.45, 2.75) is 44.9 Å². The van der Waals surface area contributed by atoms with Gasteiger partial charge >= 0.3 is 0 Å². The van der Waals surface area contributed by atoms with Crippen LogP contribution < -0.4 is 5.32 Å². The molecule has 0 aliphatic heterocycles. The van der Waals surface area contributed by atoms with Crippen LogP contribution in [0.25, 0.3) is 0 Å². The third-order valence-electron chi connectivity index (χ3n) is 4.13. The van der Waals surface area contributed by atoms with Gasteiger partial charge in [-0.1, -0.05) is 55.3 Å². The number of benzene rings is 1. The second-order valence-corrected chi connectivity index (χ2v) is 11.8. The van der Waals surface area contributed by atoms with Crippen molar-refractivity contribution in [2.24, 2.45) is 0 Å². The molecule has 0 aromatic heterocycles. The molecule has 5 heteroatoms. The van der Waals surface area contributed by atoms with Gasteiger partial charge in [-0.05, 0) is 35.7 Å². The van der Waals surface area contributed by atoms with Gasteiger partial charge in [0.05, 0.1) is 10.0 Å². The van der Waals surface area contributed by atoms with Crippen LogP contribution in [0.1, 0.15) is 25.0 Å². The summed E-state index contributed by atoms with van der Waals surface area (Å²) in [5, 5.41) is 4.25. The summed E-state index contributed by atoms with van der Waals surface area (Å²) in [6.07, 6.45) is 2.53. The molecule has 21 heavy (non-hydrogen) atoms. The average Bonchev–Trinajstić information content (AvgIpc) is 2.36. The molecule has 0 spiro atoms. The number of hydrogen-bond acceptors (Lipinski definition) is 2. The maximum absolute atomic E-state index is 10.4. The fourth-order valence-corrected chi connectivity index (χ4v) is 3.03. The molecule has 0 radical (unpaired) electrons. The molecule has 0 heterocycles. The number of nitrogens with one attached hydrogen (secondary N) is 1. The van der Waals surface area contributed by atoms with Crippen molar-refractivity contribution in [3.63, 3.8) is 0 Å². The zero-order valence-electron chi connectivity index (χ0n) is 13.3. The number of halogens is 2. The molecule has 0 unspecified atom stereocenters. The molecular weight excluding hydrogens is 321 g/mol. The van der Waals surface area contributed by atoms with Gasteiger partial charge in [-0.2, -0.15) is 0 Å². The van der Waals surface area contributed by atoms with Crippen molar-refractivity contribution in [1.29, 1.82) is 0 Å². The van der Waals surface area contributed by atoms with Crippen molar-refractivity contribution in [2.75, 3.05) is 6.54 Å². The summed E-state index contributed by atoms with van der Waals surface area (Å²) in [4.78, 5) is 10.4. The second kappa shape index (κ2) is 7.29. The van der Waals surface area contributed by atoms with E-state index in [2.05, 4.69) is 25.7 Å². The maximum atomic E-state index is 10.4. The first-order valence-corrected chi connectivity index (χ1v) is 10.8. The highest BCUT2D eigenvalue weighted by molar-refractivity contribution is 6.72. The Morgan fingerprint density at radius 2 is 1.76 bits per heavy atom. The Hall–Kier alpha value is -0.323. The lowest BCUT2D eigenvalue weighted by Gasteiger charge is -2.35. The predicted molar refractivity (Wildman–Crippen MR) is 95.8 cm³/mol. The van der Waals surface area contributed by atoms with E-state index in [-0.39, 0.29) is 5.04 Å². The summed E-state index contributed by atoms with van der Waals surface area (Å²) < 4.78 is 0. The van der Waals surface area contributed by atoms with E-state index in [1.165, 1.54) is 0 Å². The third-order valence-corrected chi connectivity index (χ3v) is 8.58. The molecule has 0 fully saturated rings. The largest absolute Gasteiger partial charge is 0.432 e. The first-order chi connectivity index (χ1) is 9.60. The highest BCUT2D eigenvalue weighted by Crippen LogP contribution is 2.41. The van der Waals surface area contributed by atoms with Gasteiger partial charge in [0.15, 0.2) is 8.32 Å². The summed E-state index contributed by atoms with van der Waals surface area (Å²) in [5.74, 6) is 0. The van der Waals surface area contributed by atoms with Gasteiger partial charge in [-0.15, -0.1) is 6.58 Å². The summed E-state index contributed by atoms with van der Waals surface area (Å²) in [7, 11) is -2.27. The normalized spacial score (nSPS) is 12.5. The molecule has 2 N–H and O–H groups in total. The molecule has 0 amide bonds. The van der Waals surface area contributed by atoms with Crippen LogP contribution in [0.3, 0.4) is 0 Å². The van der Waals surface area contributed by atoms with Crippen molar-refractivity contribution in [3.05, 3.63) is 46.0 Å². The summed E-state index contributed by atoms with van der Waals surface area (Å²) in [5.41, 5.74) is 1.97. The molecule has 1 aromatic rings. The predicted octanol–water partition coefficient (Wildman–Crippen LogP) is 4.79. The molecule has 0 aliphatic carbocycles. The Morgan fingerprint density at radius 1 is 1.24 bits per heavy atom. The molecule has 0 saturated heterocycles. The van der Waals surface area contributed by atoms with E-state index < -0.39 is 8.32 Å². The maximum Gasteiger partial charge on any atom is 0.188 e. The van der Waals surface area contributed by atoms with Crippen LogP contribution in [0.5, 0.6) is 0 Å². The molecule has 0 atom stereocenters. The standard InChI is InChI=1S/C16H25Cl2NOSi/c1-6-9-19-11-13-8-7-12(14(17)15(13)18)10-16(2,3)21(4,5)20/h6-8,19-20H,1,9-11H2,2-5H3. The molecule has 0 bridgehead atoms. The van der Waals surface area contributed by atoms with Gasteiger partial charge in [0.2, 0.25) is 0 Å². The zero-order valence-corrected chi connectivity index (χ0v) is 15.8. The minimum atomic E-state index is -2.27. The Balaban J connectivity index is 2.97. The van der Waals surface area contributed by atoms with E-state index >= 15 is 0 Å². The first kappa shape index (κ1) is 18.7. The van der Waals surface area contributed by atoms with Crippen molar-refractivity contribution in [1.82, 2.24) is 5.32 Å². The Morgan fingerprint density at radius 3 is 2.29 bits per heavy atom. The molecule has 118 valence electrons. The number of rotatable bonds is 7. The van der Waals surface area contributed by atoms with Crippen molar-refractivity contribution >= 4 is 31.5 Å². The van der Waals surface area contributed by atoms with Gasteiger partial charge in [0, 0.05) is 13.1 Å². The van der Waals surface area contributed by atoms with Crippen molar-refractivity contribution < 1.29 is 4.80 Å². The summed E-state index contributed by atoms with van der Waals surface area (Å²) >= 11 is 12.8. The lowest BCUT2D eigenvalue weighted by atomic mass is 10.0. The summed E-state index contributed by atoms with van der Waals surface area (Å²) in [6.45, 7) is 13.1. The van der Waals surface area contributed by atoms with E-state index in [1.54, 1.807) is 6.08 Å². The highest BCUT2D eigenvalue weighted by atomic mass is 35.5. The monoisotopic (exact) mass is 345 g/mol. The molecule has 1 aromatic carbocycles. The SMILES string of the molecule is C=CCNCc1ccc(CC(C)(C)[Si](C)(C)O)c(Cl)c1Cl. The Kier molecular flexibility index (Phi) is 6.50.